The van der Waals surface area contributed by atoms with Crippen molar-refractivity contribution in [3.05, 3.63) is 114 Å². The Morgan fingerprint density at radius 2 is 0.705 bits per heavy atom. The molecule has 308 valence electrons. The van der Waals surface area contributed by atoms with Gasteiger partial charge in [0.1, 0.15) is 0 Å². The van der Waals surface area contributed by atoms with Crippen LogP contribution in [0, 0.1) is 0 Å². The Hall–Kier alpha value is -3.37. The van der Waals surface area contributed by atoms with Gasteiger partial charge in [0.2, 0.25) is 0 Å². The van der Waals surface area contributed by atoms with E-state index in [-0.39, 0.29) is 30.5 Å². The first kappa shape index (κ1) is 38.1. The van der Waals surface area contributed by atoms with Crippen molar-refractivity contribution in [2.75, 3.05) is 0 Å². The lowest BCUT2D eigenvalue weighted by atomic mass is 9.64. The van der Waals surface area contributed by atoms with E-state index >= 15 is 0 Å². The molecule has 7 aromatic carbocycles. The second-order valence-electron chi connectivity index (χ2n) is 21.6. The first-order valence-corrected chi connectivity index (χ1v) is 26.1. The van der Waals surface area contributed by atoms with Crippen molar-refractivity contribution in [1.82, 2.24) is 0 Å². The quantitative estimate of drug-likeness (QED) is 0.163. The molecule has 3 fully saturated rings. The van der Waals surface area contributed by atoms with Gasteiger partial charge in [0.25, 0.3) is 0 Å². The molecule has 0 nitrogen and oxygen atoms in total. The number of fused-ring (bicyclic) bond motifs is 9. The molecule has 0 amide bonds. The fourth-order valence-electron chi connectivity index (χ4n) is 14.2. The van der Waals surface area contributed by atoms with Crippen molar-refractivity contribution in [3.8, 4) is 33.4 Å². The van der Waals surface area contributed by atoms with Crippen LogP contribution in [0.25, 0.3) is 65.7 Å². The predicted molar refractivity (Wildman–Crippen MR) is 267 cm³/mol. The third-order valence-electron chi connectivity index (χ3n) is 18.7. The zero-order valence-electron chi connectivity index (χ0n) is 36.9. The molecular weight excluding hydrogens is 793 g/mol. The number of benzene rings is 7. The van der Waals surface area contributed by atoms with Crippen molar-refractivity contribution in [1.29, 1.82) is 0 Å². The molecule has 3 saturated carbocycles. The Morgan fingerprint density at radius 3 is 1.15 bits per heavy atom. The minimum Gasteiger partial charge on any atom is -0.118 e. The minimum absolute atomic E-state index is 0.197. The molecule has 3 heterocycles. The summed E-state index contributed by atoms with van der Waals surface area (Å²) in [6, 6.07) is 40.0. The van der Waals surface area contributed by atoms with Gasteiger partial charge in [-0.3, -0.25) is 0 Å². The molecule has 3 aliphatic carbocycles. The molecule has 6 unspecified atom stereocenters. The average molecular weight is 851 g/mol. The third-order valence-corrected chi connectivity index (χ3v) is 23.7. The molecule has 7 aromatic rings. The molecule has 0 N–H and O–H groups in total. The number of hydrogen-bond acceptors (Lipinski definition) is 3. The number of hydrogen-bond donors (Lipinski definition) is 0. The van der Waals surface area contributed by atoms with Gasteiger partial charge in [0.15, 0.2) is 0 Å². The van der Waals surface area contributed by atoms with Crippen LogP contribution in [-0.2, 0) is 16.2 Å². The van der Waals surface area contributed by atoms with Crippen LogP contribution in [0.5, 0.6) is 0 Å². The lowest BCUT2D eigenvalue weighted by Crippen LogP contribution is -2.43. The highest BCUT2D eigenvalue weighted by Crippen LogP contribution is 2.66. The highest BCUT2D eigenvalue weighted by atomic mass is 32.2. The van der Waals surface area contributed by atoms with Gasteiger partial charge >= 0.3 is 0 Å². The van der Waals surface area contributed by atoms with E-state index in [2.05, 4.69) is 174 Å². The average Bonchev–Trinajstić information content (AvgIpc) is 3.76. The SMILES string of the molecule is CC12CCCCC1(C)c1cc(-c3ccc4ccc5c(-c6ccc7c(c6)C6(C)CCCCC6(C)S7)cc(-c6ccc7c(c6)C6(C)CCCCC6(C)S7)c6ccc3c4c56)ccc1S2. The van der Waals surface area contributed by atoms with Gasteiger partial charge in [-0.15, -0.1) is 35.3 Å². The second-order valence-corrected chi connectivity index (χ2v) is 26.2. The van der Waals surface area contributed by atoms with Crippen LogP contribution >= 0.6 is 35.3 Å². The van der Waals surface area contributed by atoms with Crippen molar-refractivity contribution < 1.29 is 0 Å². The van der Waals surface area contributed by atoms with E-state index < -0.39 is 0 Å². The Kier molecular flexibility index (Phi) is 7.91. The first-order chi connectivity index (χ1) is 29.4. The van der Waals surface area contributed by atoms with E-state index in [0.717, 1.165) is 0 Å². The normalized spacial score (nSPS) is 32.5. The monoisotopic (exact) mass is 850 g/mol. The van der Waals surface area contributed by atoms with Crippen molar-refractivity contribution in [2.24, 2.45) is 0 Å². The van der Waals surface area contributed by atoms with Gasteiger partial charge in [-0.2, -0.15) is 0 Å². The summed E-state index contributed by atoms with van der Waals surface area (Å²) in [5.41, 5.74) is 13.6. The standard InChI is InChI=1S/C58H58S3/c1-53-25-7-10-28-56(53,4)59-48-22-15-36(31-45(48)53)39-18-13-35-14-19-41-43(37-16-23-49-46(32-37)54(2)26-8-11-29-57(54,5)60-49)34-44(42-21-20-40(39)51(35)52(41)42)38-17-24-50-47(33-38)55(3)27-9-12-30-58(55,6)61-50/h13-24,31-34H,7-12,25-30H2,1-6H3. The lowest BCUT2D eigenvalue weighted by molar-refractivity contribution is 0.260. The Labute approximate surface area is 376 Å². The van der Waals surface area contributed by atoms with E-state index in [1.165, 1.54) is 157 Å². The van der Waals surface area contributed by atoms with Crippen LogP contribution in [0.1, 0.15) is 135 Å². The van der Waals surface area contributed by atoms with Crippen LogP contribution in [0.15, 0.2) is 112 Å². The van der Waals surface area contributed by atoms with Crippen molar-refractivity contribution >= 4 is 67.6 Å². The molecule has 6 aliphatic rings. The van der Waals surface area contributed by atoms with Gasteiger partial charge < -0.3 is 0 Å². The topological polar surface area (TPSA) is 0 Å². The molecule has 0 bridgehead atoms. The minimum atomic E-state index is 0.197. The van der Waals surface area contributed by atoms with E-state index in [1.54, 1.807) is 16.7 Å². The molecule has 13 rings (SSSR count). The van der Waals surface area contributed by atoms with Crippen LogP contribution in [0.4, 0.5) is 0 Å². The summed E-state index contributed by atoms with van der Waals surface area (Å²) in [5, 5.41) is 8.35. The predicted octanol–water partition coefficient (Wildman–Crippen LogP) is 17.7. The van der Waals surface area contributed by atoms with E-state index in [0.29, 0.717) is 0 Å². The van der Waals surface area contributed by atoms with Crippen molar-refractivity contribution in [3.63, 3.8) is 0 Å². The second kappa shape index (κ2) is 12.7. The van der Waals surface area contributed by atoms with Gasteiger partial charge in [-0.05, 0) is 184 Å². The summed E-state index contributed by atoms with van der Waals surface area (Å²) in [6.07, 6.45) is 15.8. The fourth-order valence-corrected chi connectivity index (χ4v) is 19.3. The fraction of sp³-hybridized carbons (Fsp3) is 0.414. The zero-order valence-corrected chi connectivity index (χ0v) is 39.4. The highest BCUT2D eigenvalue weighted by Gasteiger charge is 2.56. The summed E-state index contributed by atoms with van der Waals surface area (Å²) in [4.78, 5) is 4.52. The van der Waals surface area contributed by atoms with Gasteiger partial charge in [-0.1, -0.05) is 114 Å². The molecule has 3 aliphatic heterocycles. The Balaban J connectivity index is 1.05. The van der Waals surface area contributed by atoms with Gasteiger partial charge in [0.05, 0.1) is 0 Å². The Bertz CT molecular complexity index is 2930. The molecule has 3 heteroatoms. The maximum atomic E-state index is 2.64. The number of thioether (sulfide) groups is 3. The molecule has 0 radical (unpaired) electrons. The van der Waals surface area contributed by atoms with E-state index in [1.807, 2.05) is 0 Å². The van der Waals surface area contributed by atoms with E-state index in [4.69, 9.17) is 0 Å². The summed E-state index contributed by atoms with van der Waals surface area (Å²) < 4.78 is 0.825. The van der Waals surface area contributed by atoms with Gasteiger partial charge in [-0.25, -0.2) is 0 Å². The summed E-state index contributed by atoms with van der Waals surface area (Å²) in [6.45, 7) is 15.4. The maximum Gasteiger partial charge on any atom is 0.0273 e. The molecule has 0 spiro atoms. The molecular formula is C58H58S3. The highest BCUT2D eigenvalue weighted by molar-refractivity contribution is 8.01. The van der Waals surface area contributed by atoms with Crippen LogP contribution in [-0.4, -0.2) is 14.2 Å². The Morgan fingerprint density at radius 1 is 0.344 bits per heavy atom. The van der Waals surface area contributed by atoms with Gasteiger partial charge in [0, 0.05) is 45.2 Å². The number of rotatable bonds is 3. The summed E-state index contributed by atoms with van der Waals surface area (Å²) >= 11 is 6.48. The zero-order chi connectivity index (χ0) is 41.3. The largest absolute Gasteiger partial charge is 0.118 e. The summed E-state index contributed by atoms with van der Waals surface area (Å²) in [5.74, 6) is 0. The maximum absolute atomic E-state index is 2.64. The third kappa shape index (κ3) is 4.90. The lowest BCUT2D eigenvalue weighted by Gasteiger charge is -2.45. The molecule has 0 saturated heterocycles. The molecule has 6 atom stereocenters. The van der Waals surface area contributed by atoms with Crippen LogP contribution in [0.3, 0.4) is 0 Å². The molecule has 0 aromatic heterocycles. The van der Waals surface area contributed by atoms with Crippen molar-refractivity contribution in [2.45, 2.75) is 164 Å². The van der Waals surface area contributed by atoms with E-state index in [9.17, 15) is 0 Å². The van der Waals surface area contributed by atoms with Crippen LogP contribution in [0.2, 0.25) is 0 Å². The van der Waals surface area contributed by atoms with Crippen LogP contribution < -0.4 is 0 Å². The summed E-state index contributed by atoms with van der Waals surface area (Å²) in [7, 11) is 0. The molecule has 61 heavy (non-hydrogen) atoms. The first-order valence-electron chi connectivity index (χ1n) is 23.6. The smallest absolute Gasteiger partial charge is 0.0273 e.